The number of nitrogens with two attached hydrogens (primary N) is 1. The maximum absolute atomic E-state index is 9.19. The van der Waals surface area contributed by atoms with Crippen LogP contribution in [0.3, 0.4) is 0 Å². The quantitative estimate of drug-likeness (QED) is 0.0209. The van der Waals surface area contributed by atoms with Crippen LogP contribution in [-0.4, -0.2) is 180 Å². The fourth-order valence-electron chi connectivity index (χ4n) is 19.6. The van der Waals surface area contributed by atoms with Gasteiger partial charge in [-0.05, 0) is 195 Å². The average molecular weight is 2000 g/mol. The molecule has 150 heavy (non-hydrogen) atoms. The summed E-state index contributed by atoms with van der Waals surface area (Å²) in [6, 6.07) is 68.1. The predicted molar refractivity (Wildman–Crippen MR) is 578 cm³/mol. The third kappa shape index (κ3) is 19.7. The minimum absolute atomic E-state index is 0.109. The van der Waals surface area contributed by atoms with Crippen LogP contribution < -0.4 is 56.2 Å². The molecule has 20 aromatic rings. The highest BCUT2D eigenvalue weighted by atomic mass is 16.5. The second-order valence-corrected chi connectivity index (χ2v) is 35.9. The van der Waals surface area contributed by atoms with Crippen molar-refractivity contribution in [2.45, 2.75) is 70.8 Å². The number of oxime groups is 5. The Morgan fingerprint density at radius 1 is 0.313 bits per heavy atom. The Balaban J connectivity index is 0.000000110. The molecule has 0 fully saturated rings. The number of fused-ring (bicyclic) bond motifs is 10. The summed E-state index contributed by atoms with van der Waals surface area (Å²) in [6.07, 6.45) is 34.9. The summed E-state index contributed by atoms with van der Waals surface area (Å²) in [5.74, 6) is 6.97. The molecular weight excluding hydrogens is 1900 g/mol. The monoisotopic (exact) mass is 2000 g/mol. The van der Waals surface area contributed by atoms with E-state index >= 15 is 0 Å². The molecule has 0 atom stereocenters. The molecule has 0 radical (unpaired) electrons. The number of ether oxygens (including phenoxy) is 4. The van der Waals surface area contributed by atoms with Crippen molar-refractivity contribution in [3.05, 3.63) is 360 Å². The third-order valence-corrected chi connectivity index (χ3v) is 27.1. The zero-order valence-corrected chi connectivity index (χ0v) is 82.3. The normalized spacial score (nSPS) is 14.2. The van der Waals surface area contributed by atoms with E-state index in [2.05, 4.69) is 108 Å². The fourth-order valence-corrected chi connectivity index (χ4v) is 19.6. The molecule has 0 saturated carbocycles. The van der Waals surface area contributed by atoms with Gasteiger partial charge in [0.15, 0.2) is 28.2 Å². The summed E-state index contributed by atoms with van der Waals surface area (Å²) < 4.78 is 31.7. The number of hydrogen-bond donors (Lipinski definition) is 12. The van der Waals surface area contributed by atoms with Crippen LogP contribution in [-0.2, 0) is 38.6 Å². The minimum atomic E-state index is 0.109. The Bertz CT molecular complexity index is 8590. The molecule has 0 bridgehead atoms. The Morgan fingerprint density at radius 2 is 0.613 bits per heavy atom. The molecule has 10 heterocycles. The number of aliphatic hydroxyl groups excluding tert-OH is 1. The lowest BCUT2D eigenvalue weighted by Crippen LogP contribution is -2.20. The molecule has 10 aromatic carbocycles. The lowest BCUT2D eigenvalue weighted by molar-refractivity contribution is 0.304. The predicted octanol–water partition coefficient (Wildman–Crippen LogP) is 20.2. The van der Waals surface area contributed by atoms with Gasteiger partial charge in [-0.3, -0.25) is 46.9 Å². The molecule has 10 aromatic heterocycles. The van der Waals surface area contributed by atoms with Gasteiger partial charge in [0.05, 0.1) is 94.6 Å². The van der Waals surface area contributed by atoms with Crippen molar-refractivity contribution in [1.82, 2.24) is 71.8 Å². The number of rotatable bonds is 23. The summed E-state index contributed by atoms with van der Waals surface area (Å²) >= 11 is 0. The van der Waals surface area contributed by atoms with Gasteiger partial charge in [-0.15, -0.1) is 0 Å². The van der Waals surface area contributed by atoms with Gasteiger partial charge < -0.3 is 87.3 Å². The lowest BCUT2D eigenvalue weighted by atomic mass is 10.1. The van der Waals surface area contributed by atoms with Gasteiger partial charge in [-0.25, -0.2) is 24.9 Å². The number of benzene rings is 10. The van der Waals surface area contributed by atoms with E-state index in [9.17, 15) is 20.7 Å². The van der Waals surface area contributed by atoms with Gasteiger partial charge in [0.25, 0.3) is 0 Å². The second-order valence-electron chi connectivity index (χ2n) is 35.9. The van der Waals surface area contributed by atoms with Crippen molar-refractivity contribution in [1.29, 1.82) is 0 Å². The lowest BCUT2D eigenvalue weighted by Gasteiger charge is -2.18. The van der Waals surface area contributed by atoms with E-state index in [0.717, 1.165) is 285 Å². The van der Waals surface area contributed by atoms with Gasteiger partial charge >= 0.3 is 0 Å². The van der Waals surface area contributed by atoms with E-state index in [0.29, 0.717) is 41.7 Å². The van der Waals surface area contributed by atoms with Crippen molar-refractivity contribution in [3.8, 4) is 79.3 Å². The summed E-state index contributed by atoms with van der Waals surface area (Å²) in [5, 5.41) is 89.7. The molecule has 5 aliphatic carbocycles. The number of hydrogen-bond acceptors (Lipinski definition) is 32. The van der Waals surface area contributed by atoms with Crippen LogP contribution in [0.1, 0.15) is 93.3 Å². The van der Waals surface area contributed by atoms with Gasteiger partial charge in [0.1, 0.15) is 80.6 Å². The number of imidazole rings is 5. The van der Waals surface area contributed by atoms with E-state index in [4.69, 9.17) is 60.0 Å². The van der Waals surface area contributed by atoms with Crippen molar-refractivity contribution in [3.63, 3.8) is 0 Å². The van der Waals surface area contributed by atoms with Gasteiger partial charge in [-0.2, -0.15) is 0 Å². The van der Waals surface area contributed by atoms with Gasteiger partial charge in [-0.1, -0.05) is 123 Å². The highest BCUT2D eigenvalue weighted by Gasteiger charge is 2.29. The number of methoxy groups -OCH3 is 4. The van der Waals surface area contributed by atoms with Crippen LogP contribution in [0.15, 0.2) is 325 Å². The number of nitrogens with one attached hydrogen (secondary N) is 5. The molecule has 37 heteroatoms. The number of nitrogens with zero attached hydrogens (tertiary/aromatic N) is 21. The van der Waals surface area contributed by atoms with Crippen LogP contribution in [0.5, 0.6) is 23.0 Å². The first-order chi connectivity index (χ1) is 73.7. The SMILES string of the molecule is CN(CCO)c1ccc(-c2nc3cnccn3c2Nc2ccc3c(c2)CC/C3=N\O)cc1.COc1cc(OC)cc(-c2nc3cnccn3c2Nc2ccc3c(c2)CC/C3=N/O)c1.COc1ccc(-c2nc3cnccn3c2Nc2ccc3c(c2)CC/C3=N\O)c(OC)c1.NCc1ccc(-c2nc3cnccn3c2Nc2ccc3c(c2)CC/C3=N\O)cc1.O/N=C1\CCc2cc(Nc3c(-c4ccccc4)nc4cnccn34)ccc21. The molecule has 0 amide bonds. The van der Waals surface area contributed by atoms with E-state index in [1.165, 1.54) is 11.1 Å². The molecule has 37 nitrogen and oxygen atoms in total. The van der Waals surface area contributed by atoms with Crippen molar-refractivity contribution in [2.75, 3.05) is 80.1 Å². The number of aliphatic hydroxyl groups is 1. The molecule has 0 spiro atoms. The zero-order valence-electron chi connectivity index (χ0n) is 82.3. The first-order valence-corrected chi connectivity index (χ1v) is 48.6. The number of aromatic nitrogens is 15. The molecule has 750 valence electrons. The number of aryl methyl sites for hydroxylation is 5. The van der Waals surface area contributed by atoms with Crippen LogP contribution in [0.25, 0.3) is 84.5 Å². The highest BCUT2D eigenvalue weighted by Crippen LogP contribution is 2.44. The summed E-state index contributed by atoms with van der Waals surface area (Å²) in [4.78, 5) is 47.0. The molecule has 25 rings (SSSR count). The topological polar surface area (TPSA) is 460 Å². The molecule has 0 aliphatic heterocycles. The van der Waals surface area contributed by atoms with Crippen LogP contribution in [0, 0.1) is 0 Å². The molecule has 13 N–H and O–H groups in total. The van der Waals surface area contributed by atoms with Crippen LogP contribution >= 0.6 is 0 Å². The first-order valence-electron chi connectivity index (χ1n) is 48.6. The molecular formula is C113H103N27O10. The van der Waals surface area contributed by atoms with E-state index < -0.39 is 0 Å². The Labute approximate surface area is 859 Å². The second kappa shape index (κ2) is 43.2. The summed E-state index contributed by atoms with van der Waals surface area (Å²) in [7, 11) is 8.46. The largest absolute Gasteiger partial charge is 0.497 e. The first kappa shape index (κ1) is 96.7. The van der Waals surface area contributed by atoms with Gasteiger partial charge in [0.2, 0.25) is 0 Å². The Hall–Kier alpha value is -19.4. The highest BCUT2D eigenvalue weighted by molar-refractivity contribution is 6.08. The Kier molecular flexibility index (Phi) is 27.9. The number of anilines is 11. The zero-order chi connectivity index (χ0) is 103. The molecule has 5 aliphatic rings. The standard InChI is InChI=1S/C24H24N6O2.2C23H21N5O3.C22H20N6O.C21H17N5O/c1-29(12-13-31)19-6-2-16(3-7-19)23-24(30-11-10-25-15-22(30)27-23)26-18-5-8-20-17(14-18)4-9-21(20)28-32;1-30-16-5-7-18(20(12-16)31-2)22-23(28-10-9-24-13-21(28)26-22)25-15-4-6-17-14(11-15)3-8-19(17)27-29;1-30-17-10-15(11-18(12-17)31-2)22-23(28-8-7-24-13-21(28)26-22)25-16-4-5-19-14(9-16)3-6-20(19)27-29;23-12-14-1-3-15(4-2-14)21-22(28-10-9-24-13-20(28)26-21)25-17-6-7-18-16(11-17)5-8-19(18)27-29;27-25-18-9-6-15-12-16(7-8-17(15)18)23-21-20(14-4-2-1-3-5-14)24-19-13-22-10-11-26(19)21/h2-3,5-8,10-11,14-15,26,31-32H,4,9,12-13H2,1H3;4-7,9-13,25,29H,3,8H2,1-2H3;4-5,7-13,25,29H,3,6H2,1-2H3;1-4,6-7,9-11,13,25,29H,5,8,12,23H2;1-5,7-8,10-13,23,27H,6,9H2/b28-21+;27-19+;27-20-;27-19+;25-18+. The van der Waals surface area contributed by atoms with Gasteiger partial charge in [0, 0.05) is 184 Å². The van der Waals surface area contributed by atoms with Crippen LogP contribution in [0.4, 0.5) is 63.2 Å². The van der Waals surface area contributed by atoms with Crippen LogP contribution in [0.2, 0.25) is 0 Å². The Morgan fingerprint density at radius 3 is 0.920 bits per heavy atom. The molecule has 0 saturated heterocycles. The molecule has 0 unspecified atom stereocenters. The van der Waals surface area contributed by atoms with E-state index in [1.54, 1.807) is 90.4 Å². The summed E-state index contributed by atoms with van der Waals surface area (Å²) in [5.41, 5.74) is 39.6. The smallest absolute Gasteiger partial charge is 0.157 e. The van der Waals surface area contributed by atoms with E-state index in [-0.39, 0.29) is 6.61 Å². The maximum atomic E-state index is 9.19. The maximum Gasteiger partial charge on any atom is 0.157 e. The summed E-state index contributed by atoms with van der Waals surface area (Å²) in [6.45, 7) is 1.19. The van der Waals surface area contributed by atoms with Crippen molar-refractivity contribution >= 4 is 120 Å². The third-order valence-electron chi connectivity index (χ3n) is 27.1. The van der Waals surface area contributed by atoms with E-state index in [1.807, 2.05) is 241 Å². The minimum Gasteiger partial charge on any atom is -0.497 e. The number of likely N-dealkylation sites (N-methyl/N-ethyl adjacent to an activating group) is 1. The van der Waals surface area contributed by atoms with Crippen molar-refractivity contribution in [2.24, 2.45) is 31.5 Å². The van der Waals surface area contributed by atoms with Crippen molar-refractivity contribution < 1.29 is 50.1 Å². The fraction of sp³-hybridized carbons (Fsp3) is 0.159. The average Bonchev–Trinajstić information content (AvgIpc) is 1.63.